The van der Waals surface area contributed by atoms with Crippen LogP contribution in [0.4, 0.5) is 0 Å². The van der Waals surface area contributed by atoms with Crippen molar-refractivity contribution in [3.63, 3.8) is 0 Å². The summed E-state index contributed by atoms with van der Waals surface area (Å²) in [4.78, 5) is 11.8. The zero-order chi connectivity index (χ0) is 13.0. The van der Waals surface area contributed by atoms with Crippen molar-refractivity contribution in [3.05, 3.63) is 34.3 Å². The van der Waals surface area contributed by atoms with Crippen molar-refractivity contribution >= 4 is 21.8 Å². The largest absolute Gasteiger partial charge is 0.350 e. The highest BCUT2D eigenvalue weighted by Crippen LogP contribution is 2.22. The molecule has 18 heavy (non-hydrogen) atoms. The van der Waals surface area contributed by atoms with Gasteiger partial charge < -0.3 is 10.6 Å². The molecule has 1 aromatic rings. The number of carbonyl (C=O) groups is 1. The van der Waals surface area contributed by atoms with Gasteiger partial charge in [-0.2, -0.15) is 0 Å². The summed E-state index contributed by atoms with van der Waals surface area (Å²) >= 11 is 3.50. The summed E-state index contributed by atoms with van der Waals surface area (Å²) in [6.45, 7) is 2.78. The van der Waals surface area contributed by atoms with Gasteiger partial charge in [-0.1, -0.05) is 34.1 Å². The van der Waals surface area contributed by atoms with Crippen LogP contribution in [0.1, 0.15) is 37.8 Å². The van der Waals surface area contributed by atoms with Crippen molar-refractivity contribution in [2.45, 2.75) is 38.3 Å². The van der Waals surface area contributed by atoms with E-state index < -0.39 is 0 Å². The predicted molar refractivity (Wildman–Crippen MR) is 76.3 cm³/mol. The summed E-state index contributed by atoms with van der Waals surface area (Å²) in [7, 11) is 0. The van der Waals surface area contributed by atoms with Gasteiger partial charge in [-0.15, -0.1) is 0 Å². The number of halogens is 1. The smallest absolute Gasteiger partial charge is 0.221 e. The molecule has 0 saturated heterocycles. The molecule has 0 bridgehead atoms. The Morgan fingerprint density at radius 3 is 2.83 bits per heavy atom. The minimum atomic E-state index is 0.0361. The Balaban J connectivity index is 1.77. The first-order valence-electron chi connectivity index (χ1n) is 6.44. The fourth-order valence-electron chi connectivity index (χ4n) is 1.89. The van der Waals surface area contributed by atoms with Crippen molar-refractivity contribution in [2.75, 3.05) is 6.54 Å². The average Bonchev–Trinajstić information content (AvgIpc) is 3.13. The number of nitrogens with one attached hydrogen (secondary N) is 2. The molecule has 1 aliphatic carbocycles. The lowest BCUT2D eigenvalue weighted by Crippen LogP contribution is -2.30. The maximum absolute atomic E-state index is 11.8. The second-order valence-corrected chi connectivity index (χ2v) is 5.64. The maximum Gasteiger partial charge on any atom is 0.221 e. The molecule has 98 valence electrons. The normalized spacial score (nSPS) is 16.3. The van der Waals surface area contributed by atoms with E-state index in [-0.39, 0.29) is 11.9 Å². The van der Waals surface area contributed by atoms with Crippen molar-refractivity contribution in [1.82, 2.24) is 10.6 Å². The summed E-state index contributed by atoms with van der Waals surface area (Å²) in [5, 5.41) is 6.36. The number of amides is 1. The average molecular weight is 311 g/mol. The fraction of sp³-hybridized carbons (Fsp3) is 0.500. The monoisotopic (exact) mass is 310 g/mol. The minimum Gasteiger partial charge on any atom is -0.350 e. The van der Waals surface area contributed by atoms with E-state index >= 15 is 0 Å². The molecule has 2 N–H and O–H groups in total. The second-order valence-electron chi connectivity index (χ2n) is 4.79. The van der Waals surface area contributed by atoms with Crippen LogP contribution in [0.25, 0.3) is 0 Å². The quantitative estimate of drug-likeness (QED) is 0.848. The van der Waals surface area contributed by atoms with Crippen molar-refractivity contribution < 1.29 is 4.79 Å². The molecule has 4 heteroatoms. The van der Waals surface area contributed by atoms with Gasteiger partial charge in [-0.3, -0.25) is 4.79 Å². The summed E-state index contributed by atoms with van der Waals surface area (Å²) in [5.41, 5.74) is 1.11. The summed E-state index contributed by atoms with van der Waals surface area (Å²) in [5.74, 6) is 0.103. The Labute approximate surface area is 116 Å². The third kappa shape index (κ3) is 4.10. The SMILES string of the molecule is C[C@@H](NC(=O)CCNC1CC1)c1ccccc1Br. The van der Waals surface area contributed by atoms with Gasteiger partial charge >= 0.3 is 0 Å². The van der Waals surface area contributed by atoms with E-state index in [0.29, 0.717) is 12.5 Å². The predicted octanol–water partition coefficient (Wildman–Crippen LogP) is 2.77. The first kappa shape index (κ1) is 13.6. The highest BCUT2D eigenvalue weighted by atomic mass is 79.9. The zero-order valence-corrected chi connectivity index (χ0v) is 12.2. The number of rotatable bonds is 6. The molecule has 0 radical (unpaired) electrons. The van der Waals surface area contributed by atoms with Crippen molar-refractivity contribution in [1.29, 1.82) is 0 Å². The molecular weight excluding hydrogens is 292 g/mol. The van der Waals surface area contributed by atoms with Crippen LogP contribution >= 0.6 is 15.9 Å². The lowest BCUT2D eigenvalue weighted by atomic mass is 10.1. The van der Waals surface area contributed by atoms with Gasteiger partial charge in [0.25, 0.3) is 0 Å². The van der Waals surface area contributed by atoms with Crippen LogP contribution in [0.2, 0.25) is 0 Å². The summed E-state index contributed by atoms with van der Waals surface area (Å²) in [6.07, 6.45) is 3.06. The van der Waals surface area contributed by atoms with Gasteiger partial charge in [-0.25, -0.2) is 0 Å². The molecule has 0 unspecified atom stereocenters. The lowest BCUT2D eigenvalue weighted by molar-refractivity contribution is -0.121. The van der Waals surface area contributed by atoms with Gasteiger partial charge in [0.2, 0.25) is 5.91 Å². The van der Waals surface area contributed by atoms with Crippen LogP contribution < -0.4 is 10.6 Å². The zero-order valence-electron chi connectivity index (χ0n) is 10.6. The van der Waals surface area contributed by atoms with Crippen LogP contribution in [-0.4, -0.2) is 18.5 Å². The topological polar surface area (TPSA) is 41.1 Å². The molecule has 1 atom stereocenters. The second kappa shape index (κ2) is 6.34. The van der Waals surface area contributed by atoms with Crippen LogP contribution in [0, 0.1) is 0 Å². The number of carbonyl (C=O) groups excluding carboxylic acids is 1. The molecule has 1 saturated carbocycles. The Kier molecular flexibility index (Phi) is 4.78. The van der Waals surface area contributed by atoms with E-state index in [2.05, 4.69) is 26.6 Å². The Morgan fingerprint density at radius 1 is 1.44 bits per heavy atom. The molecule has 2 rings (SSSR count). The van der Waals surface area contributed by atoms with E-state index in [1.54, 1.807) is 0 Å². The van der Waals surface area contributed by atoms with Crippen molar-refractivity contribution in [2.24, 2.45) is 0 Å². The van der Waals surface area contributed by atoms with Crippen LogP contribution in [-0.2, 0) is 4.79 Å². The highest BCUT2D eigenvalue weighted by Gasteiger charge is 2.20. The Morgan fingerprint density at radius 2 is 2.17 bits per heavy atom. The molecule has 1 aliphatic rings. The van der Waals surface area contributed by atoms with Gasteiger partial charge in [0.05, 0.1) is 6.04 Å². The first-order chi connectivity index (χ1) is 8.66. The molecule has 0 aromatic heterocycles. The molecule has 0 aliphatic heterocycles. The van der Waals surface area contributed by atoms with Gasteiger partial charge in [0.1, 0.15) is 0 Å². The summed E-state index contributed by atoms with van der Waals surface area (Å²) in [6, 6.07) is 8.68. The summed E-state index contributed by atoms with van der Waals surface area (Å²) < 4.78 is 1.04. The molecular formula is C14H19BrN2O. The number of hydrogen-bond donors (Lipinski definition) is 2. The third-order valence-corrected chi connectivity index (χ3v) is 3.83. The maximum atomic E-state index is 11.8. The van der Waals surface area contributed by atoms with E-state index in [1.165, 1.54) is 12.8 Å². The standard InChI is InChI=1S/C14H19BrN2O/c1-10(12-4-2-3-5-13(12)15)17-14(18)8-9-16-11-6-7-11/h2-5,10-11,16H,6-9H2,1H3,(H,17,18)/t10-/m1/s1. The molecule has 1 aromatic carbocycles. The van der Waals surface area contributed by atoms with E-state index in [4.69, 9.17) is 0 Å². The van der Waals surface area contributed by atoms with E-state index in [9.17, 15) is 4.79 Å². The number of benzene rings is 1. The van der Waals surface area contributed by atoms with Gasteiger partial charge in [-0.05, 0) is 31.4 Å². The van der Waals surface area contributed by atoms with E-state index in [1.807, 2.05) is 31.2 Å². The molecule has 1 amide bonds. The van der Waals surface area contributed by atoms with Crippen molar-refractivity contribution in [3.8, 4) is 0 Å². The minimum absolute atomic E-state index is 0.0361. The number of hydrogen-bond acceptors (Lipinski definition) is 2. The van der Waals surface area contributed by atoms with Gasteiger partial charge in [0.15, 0.2) is 0 Å². The molecule has 0 spiro atoms. The first-order valence-corrected chi connectivity index (χ1v) is 7.23. The van der Waals surface area contributed by atoms with Gasteiger partial charge in [0, 0.05) is 23.5 Å². The highest BCUT2D eigenvalue weighted by molar-refractivity contribution is 9.10. The van der Waals surface area contributed by atoms with Crippen LogP contribution in [0.15, 0.2) is 28.7 Å². The third-order valence-electron chi connectivity index (χ3n) is 3.11. The van der Waals surface area contributed by atoms with Crippen LogP contribution in [0.3, 0.4) is 0 Å². The lowest BCUT2D eigenvalue weighted by Gasteiger charge is -2.16. The molecule has 0 heterocycles. The van der Waals surface area contributed by atoms with E-state index in [0.717, 1.165) is 16.6 Å². The Hall–Kier alpha value is -0.870. The van der Waals surface area contributed by atoms with Crippen LogP contribution in [0.5, 0.6) is 0 Å². The molecule has 3 nitrogen and oxygen atoms in total. The fourth-order valence-corrected chi connectivity index (χ4v) is 2.52. The Bertz CT molecular complexity index is 418. The molecule has 1 fully saturated rings.